The van der Waals surface area contributed by atoms with E-state index in [1.54, 1.807) is 13.3 Å². The monoisotopic (exact) mass is 257 g/mol. The van der Waals surface area contributed by atoms with Gasteiger partial charge in [-0.25, -0.2) is 4.98 Å². The quantitative estimate of drug-likeness (QED) is 0.837. The molecule has 2 N–H and O–H groups in total. The van der Waals surface area contributed by atoms with Crippen molar-refractivity contribution in [3.8, 4) is 5.75 Å². The summed E-state index contributed by atoms with van der Waals surface area (Å²) in [6.07, 6.45) is 1.78. The second-order valence-electron chi connectivity index (χ2n) is 4.29. The topological polar surface area (TPSA) is 51.4 Å². The molecule has 0 unspecified atom stereocenters. The lowest BCUT2D eigenvalue weighted by Crippen LogP contribution is -2.23. The van der Waals surface area contributed by atoms with Crippen LogP contribution in [0.25, 0.3) is 0 Å². The number of methoxy groups -OCH3 is 1. The molecule has 0 fully saturated rings. The lowest BCUT2D eigenvalue weighted by molar-refractivity contribution is 0.412. The van der Waals surface area contributed by atoms with Crippen LogP contribution >= 0.6 is 0 Å². The van der Waals surface area contributed by atoms with Crippen LogP contribution in [0.3, 0.4) is 0 Å². The van der Waals surface area contributed by atoms with Crippen LogP contribution in [-0.4, -0.2) is 18.6 Å². The summed E-state index contributed by atoms with van der Waals surface area (Å²) in [5.74, 6) is 1.64. The summed E-state index contributed by atoms with van der Waals surface area (Å²) in [6, 6.07) is 11.7. The van der Waals surface area contributed by atoms with Gasteiger partial charge < -0.3 is 15.4 Å². The van der Waals surface area contributed by atoms with Gasteiger partial charge in [0.05, 0.1) is 7.11 Å². The maximum atomic E-state index is 5.81. The van der Waals surface area contributed by atoms with Gasteiger partial charge in [-0.15, -0.1) is 0 Å². The van der Waals surface area contributed by atoms with Gasteiger partial charge in [-0.2, -0.15) is 0 Å². The molecule has 19 heavy (non-hydrogen) atoms. The maximum Gasteiger partial charge on any atom is 0.171 e. The second kappa shape index (κ2) is 6.09. The van der Waals surface area contributed by atoms with E-state index in [0.29, 0.717) is 0 Å². The number of hydrogen-bond acceptors (Lipinski definition) is 4. The molecule has 0 saturated carbocycles. The Labute approximate surface area is 113 Å². The highest BCUT2D eigenvalue weighted by molar-refractivity contribution is 5.53. The van der Waals surface area contributed by atoms with E-state index in [1.165, 1.54) is 0 Å². The van der Waals surface area contributed by atoms with Gasteiger partial charge in [0, 0.05) is 25.0 Å². The number of benzene rings is 1. The Bertz CT molecular complexity index is 542. The molecule has 0 aliphatic heterocycles. The Morgan fingerprint density at radius 3 is 2.79 bits per heavy atom. The lowest BCUT2D eigenvalue weighted by atomic mass is 10.2. The fraction of sp³-hybridized carbons (Fsp3) is 0.267. The molecule has 100 valence electrons. The molecular weight excluding hydrogens is 238 g/mol. The number of nitrogens with zero attached hydrogens (tertiary/aromatic N) is 2. The highest BCUT2D eigenvalue weighted by Gasteiger charge is 2.12. The zero-order valence-corrected chi connectivity index (χ0v) is 11.3. The summed E-state index contributed by atoms with van der Waals surface area (Å²) in [5, 5.41) is 0. The minimum atomic E-state index is 0.759. The van der Waals surface area contributed by atoms with Gasteiger partial charge in [0.2, 0.25) is 0 Å². The van der Waals surface area contributed by atoms with Crippen LogP contribution in [0, 0.1) is 0 Å². The molecule has 2 rings (SSSR count). The van der Waals surface area contributed by atoms with Crippen LogP contribution in [0.2, 0.25) is 0 Å². The van der Waals surface area contributed by atoms with E-state index in [-0.39, 0.29) is 0 Å². The van der Waals surface area contributed by atoms with Crippen molar-refractivity contribution in [3.05, 3.63) is 48.2 Å². The first-order chi connectivity index (χ1) is 9.24. The van der Waals surface area contributed by atoms with Gasteiger partial charge in [0.1, 0.15) is 0 Å². The van der Waals surface area contributed by atoms with Crippen molar-refractivity contribution in [2.24, 2.45) is 0 Å². The van der Waals surface area contributed by atoms with Crippen molar-refractivity contribution >= 4 is 11.5 Å². The van der Waals surface area contributed by atoms with Gasteiger partial charge in [-0.05, 0) is 36.8 Å². The molecule has 0 aliphatic rings. The molecule has 0 aliphatic carbocycles. The Kier molecular flexibility index (Phi) is 4.23. The molecule has 4 nitrogen and oxygen atoms in total. The van der Waals surface area contributed by atoms with E-state index in [4.69, 9.17) is 10.5 Å². The van der Waals surface area contributed by atoms with Gasteiger partial charge in [0.25, 0.3) is 0 Å². The molecule has 1 aromatic carbocycles. The van der Waals surface area contributed by atoms with Crippen molar-refractivity contribution in [2.45, 2.75) is 13.5 Å². The van der Waals surface area contributed by atoms with Crippen molar-refractivity contribution in [1.29, 1.82) is 0 Å². The number of nitrogen functional groups attached to an aromatic ring is 1. The standard InChI is InChI=1S/C15H19N3O/c1-3-18(11-12-6-4-7-13(16)10-12)15-14(19-2)8-5-9-17-15/h4-10H,3,11,16H2,1-2H3. The van der Waals surface area contributed by atoms with E-state index in [2.05, 4.69) is 22.9 Å². The smallest absolute Gasteiger partial charge is 0.171 e. The first kappa shape index (κ1) is 13.2. The molecule has 0 amide bonds. The average molecular weight is 257 g/mol. The van der Waals surface area contributed by atoms with Gasteiger partial charge in [-0.1, -0.05) is 12.1 Å². The largest absolute Gasteiger partial charge is 0.493 e. The molecule has 1 heterocycles. The van der Waals surface area contributed by atoms with Crippen LogP contribution in [0.15, 0.2) is 42.6 Å². The minimum Gasteiger partial charge on any atom is -0.493 e. The molecular formula is C15H19N3O. The van der Waals surface area contributed by atoms with Crippen molar-refractivity contribution in [2.75, 3.05) is 24.3 Å². The van der Waals surface area contributed by atoms with E-state index in [1.807, 2.05) is 30.3 Å². The van der Waals surface area contributed by atoms with E-state index in [9.17, 15) is 0 Å². The number of rotatable bonds is 5. The third-order valence-electron chi connectivity index (χ3n) is 2.98. The van der Waals surface area contributed by atoms with E-state index >= 15 is 0 Å². The predicted octanol–water partition coefficient (Wildman–Crippen LogP) is 2.70. The third kappa shape index (κ3) is 3.16. The SMILES string of the molecule is CCN(Cc1cccc(N)c1)c1ncccc1OC. The predicted molar refractivity (Wildman–Crippen MR) is 78.4 cm³/mol. The first-order valence-electron chi connectivity index (χ1n) is 6.33. The summed E-state index contributed by atoms with van der Waals surface area (Å²) < 4.78 is 5.36. The molecule has 0 saturated heterocycles. The summed E-state index contributed by atoms with van der Waals surface area (Å²) in [7, 11) is 1.66. The van der Waals surface area contributed by atoms with Crippen LogP contribution in [0.4, 0.5) is 11.5 Å². The molecule has 4 heteroatoms. The van der Waals surface area contributed by atoms with E-state index < -0.39 is 0 Å². The number of aromatic nitrogens is 1. The van der Waals surface area contributed by atoms with Crippen LogP contribution in [0.5, 0.6) is 5.75 Å². The highest BCUT2D eigenvalue weighted by Crippen LogP contribution is 2.26. The summed E-state index contributed by atoms with van der Waals surface area (Å²) in [5.41, 5.74) is 7.75. The minimum absolute atomic E-state index is 0.759. The molecule has 0 radical (unpaired) electrons. The molecule has 2 aromatic rings. The Hall–Kier alpha value is -2.23. The van der Waals surface area contributed by atoms with Gasteiger partial charge in [0.15, 0.2) is 11.6 Å². The fourth-order valence-electron chi connectivity index (χ4n) is 2.03. The average Bonchev–Trinajstić information content (AvgIpc) is 2.45. The van der Waals surface area contributed by atoms with Gasteiger partial charge >= 0.3 is 0 Å². The first-order valence-corrected chi connectivity index (χ1v) is 6.33. The maximum absolute atomic E-state index is 5.81. The zero-order valence-electron chi connectivity index (χ0n) is 11.3. The molecule has 1 aromatic heterocycles. The normalized spacial score (nSPS) is 10.2. The number of pyridine rings is 1. The number of anilines is 2. The van der Waals surface area contributed by atoms with Gasteiger partial charge in [-0.3, -0.25) is 0 Å². The van der Waals surface area contributed by atoms with Crippen molar-refractivity contribution in [3.63, 3.8) is 0 Å². The number of nitrogens with two attached hydrogens (primary N) is 1. The van der Waals surface area contributed by atoms with Crippen LogP contribution < -0.4 is 15.4 Å². The molecule has 0 bridgehead atoms. The summed E-state index contributed by atoms with van der Waals surface area (Å²) >= 11 is 0. The molecule has 0 spiro atoms. The Morgan fingerprint density at radius 2 is 2.11 bits per heavy atom. The lowest BCUT2D eigenvalue weighted by Gasteiger charge is -2.23. The number of ether oxygens (including phenoxy) is 1. The highest BCUT2D eigenvalue weighted by atomic mass is 16.5. The Balaban J connectivity index is 2.25. The van der Waals surface area contributed by atoms with E-state index in [0.717, 1.165) is 35.9 Å². The second-order valence-corrected chi connectivity index (χ2v) is 4.29. The number of hydrogen-bond donors (Lipinski definition) is 1. The van der Waals surface area contributed by atoms with Crippen molar-refractivity contribution in [1.82, 2.24) is 4.98 Å². The third-order valence-corrected chi connectivity index (χ3v) is 2.98. The summed E-state index contributed by atoms with van der Waals surface area (Å²) in [6.45, 7) is 3.71. The molecule has 0 atom stereocenters. The van der Waals surface area contributed by atoms with Crippen LogP contribution in [0.1, 0.15) is 12.5 Å². The van der Waals surface area contributed by atoms with Crippen LogP contribution in [-0.2, 0) is 6.54 Å². The summed E-state index contributed by atoms with van der Waals surface area (Å²) in [4.78, 5) is 6.57. The zero-order chi connectivity index (χ0) is 13.7. The Morgan fingerprint density at radius 1 is 1.26 bits per heavy atom. The fourth-order valence-corrected chi connectivity index (χ4v) is 2.03. The van der Waals surface area contributed by atoms with Crippen molar-refractivity contribution < 1.29 is 4.74 Å².